The van der Waals surface area contributed by atoms with Gasteiger partial charge in [-0.05, 0) is 60.4 Å². The zero-order valence-corrected chi connectivity index (χ0v) is 26.6. The lowest BCUT2D eigenvalue weighted by Crippen LogP contribution is -2.34. The van der Waals surface area contributed by atoms with Crippen molar-refractivity contribution in [1.29, 1.82) is 10.8 Å². The predicted octanol–water partition coefficient (Wildman–Crippen LogP) is 5.56. The summed E-state index contributed by atoms with van der Waals surface area (Å²) in [6.07, 6.45) is -0.756. The van der Waals surface area contributed by atoms with Crippen LogP contribution in [0.4, 0.5) is 4.79 Å². The molecular formula is C33H39ClN4O7. The number of halogens is 1. The number of esters is 2. The topological polar surface area (TPSA) is 151 Å². The van der Waals surface area contributed by atoms with Crippen molar-refractivity contribution in [3.8, 4) is 5.75 Å². The summed E-state index contributed by atoms with van der Waals surface area (Å²) < 4.78 is 21.3. The number of amidine groups is 2. The normalized spacial score (nSPS) is 15.3. The number of amides is 1. The van der Waals surface area contributed by atoms with Crippen LogP contribution in [-0.2, 0) is 30.2 Å². The van der Waals surface area contributed by atoms with Gasteiger partial charge in [0, 0.05) is 32.4 Å². The van der Waals surface area contributed by atoms with Gasteiger partial charge in [0.2, 0.25) is 6.29 Å². The van der Waals surface area contributed by atoms with Crippen LogP contribution in [0, 0.1) is 10.8 Å². The fourth-order valence-corrected chi connectivity index (χ4v) is 5.11. The molecule has 45 heavy (non-hydrogen) atoms. The molecule has 3 aromatic rings. The van der Waals surface area contributed by atoms with Gasteiger partial charge in [-0.3, -0.25) is 25.7 Å². The molecule has 3 N–H and O–H groups in total. The lowest BCUT2D eigenvalue weighted by atomic mass is 9.91. The van der Waals surface area contributed by atoms with Gasteiger partial charge in [0.15, 0.2) is 0 Å². The van der Waals surface area contributed by atoms with Gasteiger partial charge < -0.3 is 23.8 Å². The van der Waals surface area contributed by atoms with Crippen molar-refractivity contribution in [2.24, 2.45) is 0 Å². The summed E-state index contributed by atoms with van der Waals surface area (Å²) in [6.45, 7) is 7.91. The van der Waals surface area contributed by atoms with Gasteiger partial charge in [-0.25, -0.2) is 4.79 Å². The number of alkyl carbamates (subject to hydrolysis) is 1. The highest BCUT2D eigenvalue weighted by Crippen LogP contribution is 2.28. The number of hydrogen-bond donors (Lipinski definition) is 3. The zero-order chi connectivity index (χ0) is 31.8. The average Bonchev–Trinajstić information content (AvgIpc) is 3.44. The number of nitrogens with zero attached hydrogens (tertiary/aromatic N) is 1. The first-order chi connectivity index (χ1) is 21.0. The molecule has 0 spiro atoms. The molecule has 0 aliphatic carbocycles. The van der Waals surface area contributed by atoms with Crippen molar-refractivity contribution in [3.05, 3.63) is 77.4 Å². The second kappa shape index (κ2) is 15.9. The third kappa shape index (κ3) is 9.67. The molecule has 1 aliphatic heterocycles. The quantitative estimate of drug-likeness (QED) is 0.113. The number of ether oxygens (including phenoxy) is 4. The van der Waals surface area contributed by atoms with E-state index in [4.69, 9.17) is 29.8 Å². The number of fused-ring (bicyclic) bond motifs is 1. The molecule has 1 heterocycles. The number of likely N-dealkylation sites (tertiary alicyclic amines) is 1. The van der Waals surface area contributed by atoms with Crippen molar-refractivity contribution < 1.29 is 33.3 Å². The molecule has 3 aromatic carbocycles. The lowest BCUT2D eigenvalue weighted by Gasteiger charge is -2.19. The number of rotatable bonds is 10. The second-order valence-corrected chi connectivity index (χ2v) is 10.6. The highest BCUT2D eigenvalue weighted by molar-refractivity contribution is 6.06. The fourth-order valence-electron chi connectivity index (χ4n) is 5.11. The molecule has 1 saturated heterocycles. The van der Waals surface area contributed by atoms with Gasteiger partial charge in [0.1, 0.15) is 17.7 Å². The zero-order valence-electron chi connectivity index (χ0n) is 25.8. The van der Waals surface area contributed by atoms with E-state index >= 15 is 0 Å². The molecule has 3 atom stereocenters. The molecule has 1 aliphatic rings. The Morgan fingerprint density at radius 1 is 0.978 bits per heavy atom. The molecule has 0 saturated carbocycles. The monoisotopic (exact) mass is 638 g/mol. The molecule has 1 amide bonds. The van der Waals surface area contributed by atoms with E-state index in [2.05, 4.69) is 5.32 Å². The largest absolute Gasteiger partial charge is 0.489 e. The molecule has 12 heteroatoms. The Balaban J connectivity index is 0.00000552. The van der Waals surface area contributed by atoms with Gasteiger partial charge >= 0.3 is 18.0 Å². The third-order valence-corrected chi connectivity index (χ3v) is 7.24. The summed E-state index contributed by atoms with van der Waals surface area (Å²) in [6, 6.07) is 18.7. The number of carbonyl (C=O) groups is 3. The minimum atomic E-state index is -1.09. The number of benzene rings is 3. The Morgan fingerprint density at radius 3 is 2.33 bits per heavy atom. The van der Waals surface area contributed by atoms with Crippen LogP contribution in [0.3, 0.4) is 0 Å². The molecule has 240 valence electrons. The SMILES string of the molecule is CCOC(=O)[C@@H](Cc1ccc2ccc(C(=N)NC(=O)OC(C)OC(C)=O)cc2c1)c1ccc(O[C@H]2CCN(C(C)=N)C2)cc1.Cl. The van der Waals surface area contributed by atoms with E-state index in [-0.39, 0.29) is 36.9 Å². The van der Waals surface area contributed by atoms with Crippen LogP contribution in [0.2, 0.25) is 0 Å². The Morgan fingerprint density at radius 2 is 1.69 bits per heavy atom. The second-order valence-electron chi connectivity index (χ2n) is 10.6. The van der Waals surface area contributed by atoms with Crippen molar-refractivity contribution in [2.45, 2.75) is 58.8 Å². The minimum absolute atomic E-state index is 0. The highest BCUT2D eigenvalue weighted by Gasteiger charge is 2.26. The van der Waals surface area contributed by atoms with Crippen molar-refractivity contribution >= 4 is 52.9 Å². The van der Waals surface area contributed by atoms with Gasteiger partial charge in [-0.1, -0.05) is 42.5 Å². The molecule has 1 fully saturated rings. The van der Waals surface area contributed by atoms with Gasteiger partial charge in [0.25, 0.3) is 0 Å². The Hall–Kier alpha value is -4.64. The molecular weight excluding hydrogens is 600 g/mol. The summed E-state index contributed by atoms with van der Waals surface area (Å²) >= 11 is 0. The van der Waals surface area contributed by atoms with E-state index < -0.39 is 24.3 Å². The van der Waals surface area contributed by atoms with Crippen LogP contribution in [0.5, 0.6) is 5.75 Å². The first-order valence-electron chi connectivity index (χ1n) is 14.5. The van der Waals surface area contributed by atoms with Crippen LogP contribution in [0.1, 0.15) is 56.7 Å². The average molecular weight is 639 g/mol. The van der Waals surface area contributed by atoms with Crippen molar-refractivity contribution in [1.82, 2.24) is 10.2 Å². The number of carbonyl (C=O) groups excluding carboxylic acids is 3. The van der Waals surface area contributed by atoms with E-state index in [0.717, 1.165) is 34.9 Å². The number of hydrogen-bond acceptors (Lipinski definition) is 9. The Kier molecular flexibility index (Phi) is 12.3. The standard InChI is InChI=1S/C33H38N4O7.ClH/c1-5-41-32(39)30(25-10-12-28(13-11-25)44-29-14-15-37(19-29)20(2)34)17-23-6-7-24-8-9-26(18-27(24)16-23)31(35)36-33(40)43-22(4)42-21(3)38;/h6-13,16,18,22,29-30,34H,5,14-15,17,19H2,1-4H3,(H2,35,36,40);1H/t22?,29-,30-;/m0./s1. The van der Waals surface area contributed by atoms with Crippen LogP contribution < -0.4 is 10.1 Å². The first kappa shape index (κ1) is 34.8. The maximum atomic E-state index is 13.1. The van der Waals surface area contributed by atoms with Crippen molar-refractivity contribution in [2.75, 3.05) is 19.7 Å². The molecule has 11 nitrogen and oxygen atoms in total. The minimum Gasteiger partial charge on any atom is -0.489 e. The molecule has 4 rings (SSSR count). The lowest BCUT2D eigenvalue weighted by molar-refractivity contribution is -0.161. The van der Waals surface area contributed by atoms with E-state index in [0.29, 0.717) is 30.1 Å². The summed E-state index contributed by atoms with van der Waals surface area (Å²) in [5.41, 5.74) is 2.15. The Bertz CT molecular complexity index is 1550. The molecule has 0 bridgehead atoms. The van der Waals surface area contributed by atoms with Crippen molar-refractivity contribution in [3.63, 3.8) is 0 Å². The van der Waals surface area contributed by atoms with Crippen LogP contribution in [-0.4, -0.2) is 66.7 Å². The van der Waals surface area contributed by atoms with Crippen LogP contribution in [0.25, 0.3) is 10.8 Å². The smallest absolute Gasteiger partial charge is 0.415 e. The van der Waals surface area contributed by atoms with Crippen LogP contribution >= 0.6 is 12.4 Å². The van der Waals surface area contributed by atoms with E-state index in [1.165, 1.54) is 13.8 Å². The third-order valence-electron chi connectivity index (χ3n) is 7.24. The van der Waals surface area contributed by atoms with Gasteiger partial charge in [-0.2, -0.15) is 0 Å². The van der Waals surface area contributed by atoms with Gasteiger partial charge in [-0.15, -0.1) is 12.4 Å². The molecule has 0 aromatic heterocycles. The summed E-state index contributed by atoms with van der Waals surface area (Å²) in [5, 5.41) is 20.2. The maximum Gasteiger partial charge on any atom is 0.415 e. The number of nitrogens with one attached hydrogen (secondary N) is 3. The summed E-state index contributed by atoms with van der Waals surface area (Å²) in [7, 11) is 0. The molecule has 0 radical (unpaired) electrons. The summed E-state index contributed by atoms with van der Waals surface area (Å²) in [5.74, 6) is -0.382. The fraction of sp³-hybridized carbons (Fsp3) is 0.364. The van der Waals surface area contributed by atoms with E-state index in [1.54, 1.807) is 26.0 Å². The summed E-state index contributed by atoms with van der Waals surface area (Å²) in [4.78, 5) is 38.2. The predicted molar refractivity (Wildman–Crippen MR) is 172 cm³/mol. The maximum absolute atomic E-state index is 13.1. The van der Waals surface area contributed by atoms with Crippen LogP contribution in [0.15, 0.2) is 60.7 Å². The Labute approximate surface area is 268 Å². The first-order valence-corrected chi connectivity index (χ1v) is 14.5. The van der Waals surface area contributed by atoms with E-state index in [9.17, 15) is 14.4 Å². The molecule has 1 unspecified atom stereocenters. The van der Waals surface area contributed by atoms with E-state index in [1.807, 2.05) is 53.4 Å². The highest BCUT2D eigenvalue weighted by atomic mass is 35.5. The van der Waals surface area contributed by atoms with Gasteiger partial charge in [0.05, 0.1) is 24.9 Å².